The summed E-state index contributed by atoms with van der Waals surface area (Å²) in [5, 5.41) is 12.7. The van der Waals surface area contributed by atoms with Gasteiger partial charge in [0.2, 0.25) is 5.91 Å². The van der Waals surface area contributed by atoms with Crippen molar-refractivity contribution >= 4 is 11.7 Å². The van der Waals surface area contributed by atoms with E-state index < -0.39 is 0 Å². The van der Waals surface area contributed by atoms with Crippen LogP contribution in [0.2, 0.25) is 0 Å². The summed E-state index contributed by atoms with van der Waals surface area (Å²) in [6, 6.07) is 0. The van der Waals surface area contributed by atoms with Crippen LogP contribution in [0.5, 0.6) is 0 Å². The molecule has 1 fully saturated rings. The minimum absolute atomic E-state index is 0.0783. The van der Waals surface area contributed by atoms with Gasteiger partial charge in [0, 0.05) is 12.1 Å². The predicted molar refractivity (Wildman–Crippen MR) is 57.5 cm³/mol. The number of carbonyl (C=O) groups is 1. The van der Waals surface area contributed by atoms with Crippen molar-refractivity contribution in [3.05, 3.63) is 11.8 Å². The maximum absolute atomic E-state index is 11.8. The molecule has 0 saturated carbocycles. The molecular formula is C10H16N4O. The lowest BCUT2D eigenvalue weighted by atomic mass is 9.99. The van der Waals surface area contributed by atoms with Crippen LogP contribution in [0.25, 0.3) is 0 Å². The molecule has 3 N–H and O–H groups in total. The number of anilines is 1. The molecule has 1 saturated heterocycles. The summed E-state index contributed by atoms with van der Waals surface area (Å²) >= 11 is 0. The number of aryl methyl sites for hydroxylation is 1. The normalized spacial score (nSPS) is 21.3. The van der Waals surface area contributed by atoms with Crippen molar-refractivity contribution in [1.29, 1.82) is 0 Å². The maximum atomic E-state index is 11.8. The summed E-state index contributed by atoms with van der Waals surface area (Å²) in [6.07, 6.45) is 3.74. The number of aromatic amines is 1. The van der Waals surface area contributed by atoms with Crippen LogP contribution in [0.4, 0.5) is 5.82 Å². The standard InChI is InChI=1S/C10H16N4O/c1-7-5-12-14-9(7)13-10(15)8-3-2-4-11-6-8/h5,8,11H,2-4,6H2,1H3,(H2,12,13,14,15)/t8-/m1/s1. The molecule has 0 radical (unpaired) electrons. The third-order valence-electron chi connectivity index (χ3n) is 2.74. The van der Waals surface area contributed by atoms with Crippen LogP contribution in [0.15, 0.2) is 6.20 Å². The SMILES string of the molecule is Cc1cn[nH]c1NC(=O)[C@@H]1CCCNC1. The zero-order valence-corrected chi connectivity index (χ0v) is 8.84. The lowest BCUT2D eigenvalue weighted by Crippen LogP contribution is -2.37. The Morgan fingerprint density at radius 2 is 2.53 bits per heavy atom. The quantitative estimate of drug-likeness (QED) is 0.668. The molecular weight excluding hydrogens is 192 g/mol. The van der Waals surface area contributed by atoms with Crippen molar-refractivity contribution in [3.8, 4) is 0 Å². The molecule has 1 aliphatic rings. The summed E-state index contributed by atoms with van der Waals surface area (Å²) in [4.78, 5) is 11.8. The number of nitrogens with zero attached hydrogens (tertiary/aromatic N) is 1. The average Bonchev–Trinajstić information content (AvgIpc) is 2.66. The van der Waals surface area contributed by atoms with Gasteiger partial charge in [0.1, 0.15) is 5.82 Å². The maximum Gasteiger partial charge on any atom is 0.229 e. The highest BCUT2D eigenvalue weighted by Gasteiger charge is 2.21. The first-order valence-electron chi connectivity index (χ1n) is 5.29. The largest absolute Gasteiger partial charge is 0.316 e. The number of piperidine rings is 1. The van der Waals surface area contributed by atoms with Crippen LogP contribution >= 0.6 is 0 Å². The number of H-pyrrole nitrogens is 1. The summed E-state index contributed by atoms with van der Waals surface area (Å²) in [5.41, 5.74) is 0.965. The minimum Gasteiger partial charge on any atom is -0.316 e. The van der Waals surface area contributed by atoms with E-state index in [0.717, 1.165) is 31.5 Å². The molecule has 1 amide bonds. The van der Waals surface area contributed by atoms with Crippen molar-refractivity contribution in [2.75, 3.05) is 18.4 Å². The van der Waals surface area contributed by atoms with Crippen LogP contribution in [0, 0.1) is 12.8 Å². The van der Waals surface area contributed by atoms with E-state index >= 15 is 0 Å². The van der Waals surface area contributed by atoms with Gasteiger partial charge in [-0.25, -0.2) is 0 Å². The zero-order chi connectivity index (χ0) is 10.7. The van der Waals surface area contributed by atoms with Crippen molar-refractivity contribution < 1.29 is 4.79 Å². The van der Waals surface area contributed by atoms with Crippen LogP contribution in [0.3, 0.4) is 0 Å². The van der Waals surface area contributed by atoms with E-state index in [1.54, 1.807) is 6.20 Å². The first kappa shape index (κ1) is 10.2. The van der Waals surface area contributed by atoms with Crippen LogP contribution in [-0.2, 0) is 4.79 Å². The third kappa shape index (κ3) is 2.36. The van der Waals surface area contributed by atoms with Crippen LogP contribution in [-0.4, -0.2) is 29.2 Å². The Balaban J connectivity index is 1.94. The summed E-state index contributed by atoms with van der Waals surface area (Å²) < 4.78 is 0. The van der Waals surface area contributed by atoms with Crippen molar-refractivity contribution in [2.45, 2.75) is 19.8 Å². The molecule has 1 aromatic heterocycles. The Kier molecular flexibility index (Phi) is 3.01. The van der Waals surface area contributed by atoms with Gasteiger partial charge in [-0.05, 0) is 26.3 Å². The predicted octanol–water partition coefficient (Wildman–Crippen LogP) is 0.656. The van der Waals surface area contributed by atoms with Crippen molar-refractivity contribution in [2.24, 2.45) is 5.92 Å². The van der Waals surface area contributed by atoms with E-state index in [1.165, 1.54) is 0 Å². The number of aromatic nitrogens is 2. The van der Waals surface area contributed by atoms with E-state index in [-0.39, 0.29) is 11.8 Å². The first-order chi connectivity index (χ1) is 7.27. The molecule has 0 aliphatic carbocycles. The molecule has 1 aliphatic heterocycles. The molecule has 1 atom stereocenters. The summed E-state index contributed by atoms with van der Waals surface area (Å²) in [6.45, 7) is 3.71. The monoisotopic (exact) mass is 208 g/mol. The lowest BCUT2D eigenvalue weighted by molar-refractivity contribution is -0.120. The van der Waals surface area contributed by atoms with Gasteiger partial charge in [-0.2, -0.15) is 5.10 Å². The number of rotatable bonds is 2. The molecule has 5 nitrogen and oxygen atoms in total. The van der Waals surface area contributed by atoms with Crippen LogP contribution < -0.4 is 10.6 Å². The molecule has 5 heteroatoms. The second kappa shape index (κ2) is 4.44. The van der Waals surface area contributed by atoms with Gasteiger partial charge >= 0.3 is 0 Å². The molecule has 1 aromatic rings. The summed E-state index contributed by atoms with van der Waals surface area (Å²) in [7, 11) is 0. The topological polar surface area (TPSA) is 69.8 Å². The molecule has 15 heavy (non-hydrogen) atoms. The van der Waals surface area contributed by atoms with E-state index in [2.05, 4.69) is 20.8 Å². The van der Waals surface area contributed by atoms with Gasteiger partial charge in [-0.15, -0.1) is 0 Å². The van der Waals surface area contributed by atoms with E-state index in [1.807, 2.05) is 6.92 Å². The third-order valence-corrected chi connectivity index (χ3v) is 2.74. The Hall–Kier alpha value is -1.36. The molecule has 82 valence electrons. The van der Waals surface area contributed by atoms with Crippen LogP contribution in [0.1, 0.15) is 18.4 Å². The fourth-order valence-corrected chi connectivity index (χ4v) is 1.77. The average molecular weight is 208 g/mol. The Labute approximate surface area is 88.6 Å². The molecule has 2 heterocycles. The molecule has 0 unspecified atom stereocenters. The highest BCUT2D eigenvalue weighted by Crippen LogP contribution is 2.14. The molecule has 0 spiro atoms. The summed E-state index contributed by atoms with van der Waals surface area (Å²) in [5.74, 6) is 0.876. The lowest BCUT2D eigenvalue weighted by Gasteiger charge is -2.21. The highest BCUT2D eigenvalue weighted by molar-refractivity contribution is 5.92. The van der Waals surface area contributed by atoms with Gasteiger partial charge in [-0.3, -0.25) is 9.89 Å². The van der Waals surface area contributed by atoms with Gasteiger partial charge in [0.15, 0.2) is 0 Å². The van der Waals surface area contributed by atoms with E-state index in [9.17, 15) is 4.79 Å². The molecule has 2 rings (SSSR count). The fraction of sp³-hybridized carbons (Fsp3) is 0.600. The highest BCUT2D eigenvalue weighted by atomic mass is 16.2. The Morgan fingerprint density at radius 1 is 1.67 bits per heavy atom. The number of carbonyl (C=O) groups excluding carboxylic acids is 1. The van der Waals surface area contributed by atoms with Crippen molar-refractivity contribution in [3.63, 3.8) is 0 Å². The van der Waals surface area contributed by atoms with Crippen molar-refractivity contribution in [1.82, 2.24) is 15.5 Å². The smallest absolute Gasteiger partial charge is 0.229 e. The number of hydrogen-bond donors (Lipinski definition) is 3. The fourth-order valence-electron chi connectivity index (χ4n) is 1.77. The second-order valence-electron chi connectivity index (χ2n) is 3.96. The van der Waals surface area contributed by atoms with Gasteiger partial charge in [0.05, 0.1) is 12.1 Å². The first-order valence-corrected chi connectivity index (χ1v) is 5.29. The van der Waals surface area contributed by atoms with E-state index in [4.69, 9.17) is 0 Å². The number of hydrogen-bond acceptors (Lipinski definition) is 3. The Morgan fingerprint density at radius 3 is 3.13 bits per heavy atom. The van der Waals surface area contributed by atoms with Gasteiger partial charge < -0.3 is 10.6 Å². The second-order valence-corrected chi connectivity index (χ2v) is 3.96. The molecule has 0 bridgehead atoms. The van der Waals surface area contributed by atoms with Gasteiger partial charge in [0.25, 0.3) is 0 Å². The number of nitrogens with one attached hydrogen (secondary N) is 3. The minimum atomic E-state index is 0.0783. The van der Waals surface area contributed by atoms with E-state index in [0.29, 0.717) is 5.82 Å². The zero-order valence-electron chi connectivity index (χ0n) is 8.84. The Bertz CT molecular complexity index is 341. The molecule has 0 aromatic carbocycles. The number of amides is 1. The van der Waals surface area contributed by atoms with Gasteiger partial charge in [-0.1, -0.05) is 0 Å².